The van der Waals surface area contributed by atoms with E-state index in [-0.39, 0.29) is 11.1 Å². The van der Waals surface area contributed by atoms with Gasteiger partial charge in [0.25, 0.3) is 10.0 Å². The van der Waals surface area contributed by atoms with E-state index in [9.17, 15) is 8.42 Å². The second-order valence-electron chi connectivity index (χ2n) is 5.25. The lowest BCUT2D eigenvalue weighted by molar-refractivity contribution is 0.386. The van der Waals surface area contributed by atoms with Crippen molar-refractivity contribution >= 4 is 10.0 Å². The van der Waals surface area contributed by atoms with Crippen molar-refractivity contribution in [1.29, 1.82) is 0 Å². The molecular weight excluding hydrogens is 304 g/mol. The second kappa shape index (κ2) is 5.69. The molecular formula is C14H18N4O3S. The van der Waals surface area contributed by atoms with Gasteiger partial charge in [0.05, 0.1) is 19.3 Å². The molecule has 0 saturated carbocycles. The number of rotatable bonds is 4. The molecule has 0 N–H and O–H groups in total. The highest BCUT2D eigenvalue weighted by Crippen LogP contribution is 2.37. The molecule has 0 spiro atoms. The van der Waals surface area contributed by atoms with Crippen molar-refractivity contribution in [3.63, 3.8) is 0 Å². The minimum Gasteiger partial charge on any atom is -0.497 e. The van der Waals surface area contributed by atoms with Crippen molar-refractivity contribution in [1.82, 2.24) is 19.3 Å². The van der Waals surface area contributed by atoms with Gasteiger partial charge in [0.2, 0.25) is 0 Å². The molecule has 8 heteroatoms. The third-order valence-electron chi connectivity index (χ3n) is 3.93. The average molecular weight is 322 g/mol. The van der Waals surface area contributed by atoms with E-state index in [0.29, 0.717) is 6.54 Å². The van der Waals surface area contributed by atoms with E-state index in [0.717, 1.165) is 24.2 Å². The zero-order chi connectivity index (χ0) is 15.7. The summed E-state index contributed by atoms with van der Waals surface area (Å²) in [6.45, 7) is 0.495. The van der Waals surface area contributed by atoms with Gasteiger partial charge in [-0.3, -0.25) is 0 Å². The minimum atomic E-state index is -3.61. The Bertz CT molecular complexity index is 772. The first kappa shape index (κ1) is 15.0. The average Bonchev–Trinajstić information content (AvgIpc) is 3.16. The molecule has 3 rings (SSSR count). The van der Waals surface area contributed by atoms with E-state index in [2.05, 4.69) is 10.3 Å². The first-order valence-corrected chi connectivity index (χ1v) is 8.48. The van der Waals surface area contributed by atoms with Crippen LogP contribution in [0.25, 0.3) is 0 Å². The SMILES string of the molecule is COc1cccc(C2CCCN2S(=O)(=O)c2cnnn2C)c1. The van der Waals surface area contributed by atoms with Crippen molar-refractivity contribution in [3.05, 3.63) is 36.0 Å². The van der Waals surface area contributed by atoms with E-state index in [1.165, 1.54) is 15.2 Å². The fourth-order valence-corrected chi connectivity index (χ4v) is 4.57. The maximum absolute atomic E-state index is 12.8. The molecule has 22 heavy (non-hydrogen) atoms. The summed E-state index contributed by atoms with van der Waals surface area (Å²) in [4.78, 5) is 0. The van der Waals surface area contributed by atoms with Crippen LogP contribution in [0, 0.1) is 0 Å². The van der Waals surface area contributed by atoms with Gasteiger partial charge >= 0.3 is 0 Å². The number of hydrogen-bond donors (Lipinski definition) is 0. The molecule has 7 nitrogen and oxygen atoms in total. The molecule has 118 valence electrons. The molecule has 1 atom stereocenters. The minimum absolute atomic E-state index is 0.113. The monoisotopic (exact) mass is 322 g/mol. The molecule has 0 bridgehead atoms. The van der Waals surface area contributed by atoms with Gasteiger partial charge in [0.15, 0.2) is 5.03 Å². The van der Waals surface area contributed by atoms with E-state index < -0.39 is 10.0 Å². The maximum atomic E-state index is 12.8. The molecule has 1 aromatic heterocycles. The number of methoxy groups -OCH3 is 1. The van der Waals surface area contributed by atoms with Crippen LogP contribution in [0.1, 0.15) is 24.4 Å². The molecule has 0 aliphatic carbocycles. The largest absolute Gasteiger partial charge is 0.497 e. The summed E-state index contributed by atoms with van der Waals surface area (Å²) in [5.74, 6) is 0.726. The van der Waals surface area contributed by atoms with E-state index in [1.54, 1.807) is 14.2 Å². The topological polar surface area (TPSA) is 77.3 Å². The Morgan fingerprint density at radius 3 is 2.86 bits per heavy atom. The van der Waals surface area contributed by atoms with Gasteiger partial charge in [0, 0.05) is 13.6 Å². The summed E-state index contributed by atoms with van der Waals surface area (Å²) in [6, 6.07) is 7.36. The third-order valence-corrected chi connectivity index (χ3v) is 5.88. The molecule has 0 radical (unpaired) electrons. The molecule has 1 unspecified atom stereocenters. The van der Waals surface area contributed by atoms with Crippen LogP contribution in [-0.4, -0.2) is 41.4 Å². The van der Waals surface area contributed by atoms with Gasteiger partial charge in [-0.05, 0) is 30.5 Å². The van der Waals surface area contributed by atoms with E-state index >= 15 is 0 Å². The smallest absolute Gasteiger partial charge is 0.262 e. The van der Waals surface area contributed by atoms with Crippen LogP contribution in [-0.2, 0) is 17.1 Å². The lowest BCUT2D eigenvalue weighted by Crippen LogP contribution is -2.32. The fraction of sp³-hybridized carbons (Fsp3) is 0.429. The van der Waals surface area contributed by atoms with E-state index in [1.807, 2.05) is 24.3 Å². The van der Waals surface area contributed by atoms with Crippen molar-refractivity contribution < 1.29 is 13.2 Å². The van der Waals surface area contributed by atoms with Gasteiger partial charge in [-0.15, -0.1) is 5.10 Å². The van der Waals surface area contributed by atoms with Crippen LogP contribution in [0.5, 0.6) is 5.75 Å². The van der Waals surface area contributed by atoms with Gasteiger partial charge in [-0.25, -0.2) is 13.1 Å². The predicted molar refractivity (Wildman–Crippen MR) is 79.9 cm³/mol. The Labute approximate surface area is 129 Å². The molecule has 1 saturated heterocycles. The van der Waals surface area contributed by atoms with E-state index in [4.69, 9.17) is 4.74 Å². The van der Waals surface area contributed by atoms with Crippen molar-refractivity contribution in [2.45, 2.75) is 23.9 Å². The highest BCUT2D eigenvalue weighted by molar-refractivity contribution is 7.89. The van der Waals surface area contributed by atoms with Crippen LogP contribution < -0.4 is 4.74 Å². The summed E-state index contributed by atoms with van der Waals surface area (Å²) in [7, 11) is -0.432. The summed E-state index contributed by atoms with van der Waals surface area (Å²) >= 11 is 0. The van der Waals surface area contributed by atoms with Gasteiger partial charge < -0.3 is 4.74 Å². The van der Waals surface area contributed by atoms with Crippen molar-refractivity contribution in [3.8, 4) is 5.75 Å². The summed E-state index contributed by atoms with van der Waals surface area (Å²) in [6.07, 6.45) is 2.90. The predicted octanol–water partition coefficient (Wildman–Crippen LogP) is 1.35. The van der Waals surface area contributed by atoms with Crippen molar-refractivity contribution in [2.24, 2.45) is 7.05 Å². The Hall–Kier alpha value is -1.93. The van der Waals surface area contributed by atoms with Crippen molar-refractivity contribution in [2.75, 3.05) is 13.7 Å². The normalized spacial score (nSPS) is 19.5. The summed E-state index contributed by atoms with van der Waals surface area (Å²) in [5, 5.41) is 7.51. The Morgan fingerprint density at radius 2 is 2.18 bits per heavy atom. The zero-order valence-electron chi connectivity index (χ0n) is 12.5. The van der Waals surface area contributed by atoms with Crippen LogP contribution in [0.4, 0.5) is 0 Å². The van der Waals surface area contributed by atoms with Gasteiger partial charge in [-0.1, -0.05) is 17.3 Å². The van der Waals surface area contributed by atoms with Crippen LogP contribution in [0.2, 0.25) is 0 Å². The standard InChI is InChI=1S/C14H18N4O3S/c1-17-14(10-15-16-17)22(19,20)18-8-4-7-13(18)11-5-3-6-12(9-11)21-2/h3,5-6,9-10,13H,4,7-8H2,1-2H3. The Morgan fingerprint density at radius 1 is 1.36 bits per heavy atom. The van der Waals surface area contributed by atoms with Gasteiger partial charge in [-0.2, -0.15) is 4.31 Å². The van der Waals surface area contributed by atoms with Crippen LogP contribution in [0.15, 0.2) is 35.5 Å². The number of aryl methyl sites for hydroxylation is 1. The maximum Gasteiger partial charge on any atom is 0.262 e. The number of nitrogens with zero attached hydrogens (tertiary/aromatic N) is 4. The molecule has 0 amide bonds. The molecule has 1 aliphatic heterocycles. The zero-order valence-corrected chi connectivity index (χ0v) is 13.3. The third kappa shape index (κ3) is 2.48. The number of benzene rings is 1. The molecule has 1 aliphatic rings. The second-order valence-corrected chi connectivity index (χ2v) is 7.08. The number of hydrogen-bond acceptors (Lipinski definition) is 5. The lowest BCUT2D eigenvalue weighted by Gasteiger charge is -2.24. The number of aromatic nitrogens is 3. The number of ether oxygens (including phenoxy) is 1. The highest BCUT2D eigenvalue weighted by Gasteiger charge is 2.38. The molecule has 2 heterocycles. The molecule has 1 aromatic carbocycles. The first-order chi connectivity index (χ1) is 10.5. The van der Waals surface area contributed by atoms with Gasteiger partial charge in [0.1, 0.15) is 5.75 Å². The quantitative estimate of drug-likeness (QED) is 0.849. The Balaban J connectivity index is 1.98. The molecule has 2 aromatic rings. The van der Waals surface area contributed by atoms with Crippen LogP contribution in [0.3, 0.4) is 0 Å². The number of sulfonamides is 1. The molecule has 1 fully saturated rings. The Kier molecular flexibility index (Phi) is 3.88. The lowest BCUT2D eigenvalue weighted by atomic mass is 10.1. The first-order valence-electron chi connectivity index (χ1n) is 7.04. The summed E-state index contributed by atoms with van der Waals surface area (Å²) < 4.78 is 33.7. The highest BCUT2D eigenvalue weighted by atomic mass is 32.2. The summed E-state index contributed by atoms with van der Waals surface area (Å²) in [5.41, 5.74) is 0.940. The van der Waals surface area contributed by atoms with Crippen LogP contribution >= 0.6 is 0 Å². The fourth-order valence-electron chi connectivity index (χ4n) is 2.84.